The maximum Gasteiger partial charge on any atom is 0.119 e. The molecule has 0 fully saturated rings. The molecule has 0 amide bonds. The third-order valence-corrected chi connectivity index (χ3v) is 2.21. The molecule has 0 aliphatic carbocycles. The van der Waals surface area contributed by atoms with Gasteiger partial charge in [-0.1, -0.05) is 37.3 Å². The van der Waals surface area contributed by atoms with Crippen molar-refractivity contribution in [3.05, 3.63) is 42.5 Å². The zero-order valence-corrected chi connectivity index (χ0v) is 9.49. The lowest BCUT2D eigenvalue weighted by Gasteiger charge is -2.18. The van der Waals surface area contributed by atoms with E-state index in [1.807, 2.05) is 37.3 Å². The third kappa shape index (κ3) is 4.17. The maximum absolute atomic E-state index is 5.66. The first kappa shape index (κ1) is 11.8. The highest BCUT2D eigenvalue weighted by molar-refractivity contribution is 5.21. The molecule has 0 heterocycles. The van der Waals surface area contributed by atoms with Gasteiger partial charge in [0, 0.05) is 0 Å². The third-order valence-electron chi connectivity index (χ3n) is 2.21. The van der Waals surface area contributed by atoms with E-state index >= 15 is 0 Å². The summed E-state index contributed by atoms with van der Waals surface area (Å²) in [4.78, 5) is 0. The summed E-state index contributed by atoms with van der Waals surface area (Å²) in [5.41, 5.74) is 1.10. The average molecular weight is 205 g/mol. The van der Waals surface area contributed by atoms with Crippen LogP contribution in [0.15, 0.2) is 42.5 Å². The Hall–Kier alpha value is -1.28. The molecule has 1 rings (SSSR count). The lowest BCUT2D eigenvalue weighted by Crippen LogP contribution is -2.35. The molecule has 15 heavy (non-hydrogen) atoms. The van der Waals surface area contributed by atoms with Crippen LogP contribution in [0.5, 0.6) is 5.75 Å². The molecule has 82 valence electrons. The minimum absolute atomic E-state index is 0.232. The molecule has 2 nitrogen and oxygen atoms in total. The van der Waals surface area contributed by atoms with Crippen LogP contribution < -0.4 is 10.1 Å². The molecule has 0 saturated carbocycles. The van der Waals surface area contributed by atoms with Crippen molar-refractivity contribution in [2.45, 2.75) is 19.9 Å². The highest BCUT2D eigenvalue weighted by atomic mass is 16.5. The molecule has 1 aromatic rings. The fourth-order valence-electron chi connectivity index (χ4n) is 1.32. The van der Waals surface area contributed by atoms with Crippen molar-refractivity contribution in [1.29, 1.82) is 0 Å². The summed E-state index contributed by atoms with van der Waals surface area (Å²) in [7, 11) is 0. The van der Waals surface area contributed by atoms with Crippen molar-refractivity contribution in [2.24, 2.45) is 0 Å². The number of hydrogen-bond acceptors (Lipinski definition) is 2. The number of benzene rings is 1. The summed E-state index contributed by atoms with van der Waals surface area (Å²) in [5.74, 6) is 0.904. The topological polar surface area (TPSA) is 21.3 Å². The molecule has 1 unspecified atom stereocenters. The monoisotopic (exact) mass is 205 g/mol. The van der Waals surface area contributed by atoms with E-state index in [0.29, 0.717) is 6.61 Å². The zero-order valence-electron chi connectivity index (χ0n) is 9.49. The second-order valence-electron chi connectivity index (χ2n) is 3.58. The van der Waals surface area contributed by atoms with Crippen LogP contribution in [0.2, 0.25) is 0 Å². The van der Waals surface area contributed by atoms with Crippen molar-refractivity contribution in [3.8, 4) is 5.75 Å². The lowest BCUT2D eigenvalue weighted by atomic mass is 10.1. The summed E-state index contributed by atoms with van der Waals surface area (Å²) in [5, 5.41) is 3.33. The van der Waals surface area contributed by atoms with E-state index in [1.165, 1.54) is 0 Å². The van der Waals surface area contributed by atoms with Crippen LogP contribution in [0.4, 0.5) is 0 Å². The van der Waals surface area contributed by atoms with Gasteiger partial charge >= 0.3 is 0 Å². The first-order valence-corrected chi connectivity index (χ1v) is 5.30. The van der Waals surface area contributed by atoms with Gasteiger partial charge in [0.15, 0.2) is 0 Å². The number of rotatable bonds is 6. The zero-order chi connectivity index (χ0) is 11.1. The molecule has 0 saturated heterocycles. The quantitative estimate of drug-likeness (QED) is 0.721. The van der Waals surface area contributed by atoms with Gasteiger partial charge in [-0.3, -0.25) is 0 Å². The second-order valence-corrected chi connectivity index (χ2v) is 3.58. The fourth-order valence-corrected chi connectivity index (χ4v) is 1.32. The van der Waals surface area contributed by atoms with E-state index in [1.54, 1.807) is 0 Å². The van der Waals surface area contributed by atoms with Gasteiger partial charge in [-0.15, -0.1) is 0 Å². The van der Waals surface area contributed by atoms with Crippen molar-refractivity contribution >= 4 is 0 Å². The average Bonchev–Trinajstić information content (AvgIpc) is 2.25. The molecule has 1 atom stereocenters. The smallest absolute Gasteiger partial charge is 0.119 e. The van der Waals surface area contributed by atoms with E-state index in [0.717, 1.165) is 17.9 Å². The molecule has 2 heteroatoms. The number of ether oxygens (including phenoxy) is 1. The van der Waals surface area contributed by atoms with E-state index < -0.39 is 0 Å². The number of para-hydroxylation sites is 1. The Morgan fingerprint density at radius 3 is 2.60 bits per heavy atom. The molecule has 0 aromatic heterocycles. The number of likely N-dealkylation sites (N-methyl/N-ethyl adjacent to an activating group) is 1. The predicted molar refractivity (Wildman–Crippen MR) is 64.2 cm³/mol. The molecule has 0 radical (unpaired) electrons. The van der Waals surface area contributed by atoms with Crippen molar-refractivity contribution < 1.29 is 4.74 Å². The summed E-state index contributed by atoms with van der Waals surface area (Å²) in [6, 6.07) is 10.1. The first-order chi connectivity index (χ1) is 7.24. The Labute approximate surface area is 92.0 Å². The van der Waals surface area contributed by atoms with Crippen LogP contribution in [-0.4, -0.2) is 19.2 Å². The molecular formula is C13H19NO. The second kappa shape index (κ2) is 6.25. The van der Waals surface area contributed by atoms with Gasteiger partial charge in [-0.2, -0.15) is 0 Å². The molecule has 0 aliphatic rings. The Balaban J connectivity index is 2.43. The first-order valence-electron chi connectivity index (χ1n) is 5.30. The van der Waals surface area contributed by atoms with Crippen LogP contribution in [0.1, 0.15) is 13.8 Å². The van der Waals surface area contributed by atoms with E-state index in [2.05, 4.69) is 18.8 Å². The summed E-state index contributed by atoms with van der Waals surface area (Å²) < 4.78 is 5.66. The van der Waals surface area contributed by atoms with Gasteiger partial charge in [0.25, 0.3) is 0 Å². The Bertz CT molecular complexity index is 295. The predicted octanol–water partition coefficient (Wildman–Crippen LogP) is 2.62. The van der Waals surface area contributed by atoms with Gasteiger partial charge in [0.05, 0.1) is 6.04 Å². The molecular weight excluding hydrogens is 186 g/mol. The largest absolute Gasteiger partial charge is 0.492 e. The molecule has 0 aliphatic heterocycles. The highest BCUT2D eigenvalue weighted by Gasteiger charge is 2.07. The van der Waals surface area contributed by atoms with E-state index in [-0.39, 0.29) is 6.04 Å². The SMILES string of the molecule is C=C(C)C(COc1ccccc1)NCC. The van der Waals surface area contributed by atoms with Crippen molar-refractivity contribution in [2.75, 3.05) is 13.2 Å². The van der Waals surface area contributed by atoms with Crippen molar-refractivity contribution in [3.63, 3.8) is 0 Å². The molecule has 1 N–H and O–H groups in total. The van der Waals surface area contributed by atoms with Crippen LogP contribution in [0.25, 0.3) is 0 Å². The van der Waals surface area contributed by atoms with Gasteiger partial charge in [-0.25, -0.2) is 0 Å². The molecule has 0 bridgehead atoms. The summed E-state index contributed by atoms with van der Waals surface area (Å²) in [6.45, 7) is 9.60. The number of hydrogen-bond donors (Lipinski definition) is 1. The minimum atomic E-state index is 0.232. The van der Waals surface area contributed by atoms with Crippen LogP contribution in [-0.2, 0) is 0 Å². The Morgan fingerprint density at radius 1 is 1.40 bits per heavy atom. The van der Waals surface area contributed by atoms with Gasteiger partial charge in [0.1, 0.15) is 12.4 Å². The van der Waals surface area contributed by atoms with E-state index in [4.69, 9.17) is 4.74 Å². The summed E-state index contributed by atoms with van der Waals surface area (Å²) >= 11 is 0. The fraction of sp³-hybridized carbons (Fsp3) is 0.385. The summed E-state index contributed by atoms with van der Waals surface area (Å²) in [6.07, 6.45) is 0. The normalized spacial score (nSPS) is 12.1. The molecule has 1 aromatic carbocycles. The van der Waals surface area contributed by atoms with Gasteiger partial charge in [-0.05, 0) is 25.6 Å². The standard InChI is InChI=1S/C13H19NO/c1-4-14-13(11(2)3)10-15-12-8-6-5-7-9-12/h5-9,13-14H,2,4,10H2,1,3H3. The van der Waals surface area contributed by atoms with Crippen LogP contribution in [0.3, 0.4) is 0 Å². The molecule has 0 spiro atoms. The Morgan fingerprint density at radius 2 is 2.07 bits per heavy atom. The van der Waals surface area contributed by atoms with Crippen LogP contribution >= 0.6 is 0 Å². The Kier molecular flexibility index (Phi) is 4.91. The maximum atomic E-state index is 5.66. The van der Waals surface area contributed by atoms with Crippen LogP contribution in [0, 0.1) is 0 Å². The number of nitrogens with one attached hydrogen (secondary N) is 1. The van der Waals surface area contributed by atoms with Gasteiger partial charge < -0.3 is 10.1 Å². The van der Waals surface area contributed by atoms with Crippen molar-refractivity contribution in [1.82, 2.24) is 5.32 Å². The van der Waals surface area contributed by atoms with Gasteiger partial charge in [0.2, 0.25) is 0 Å². The lowest BCUT2D eigenvalue weighted by molar-refractivity contribution is 0.282. The highest BCUT2D eigenvalue weighted by Crippen LogP contribution is 2.09. The van der Waals surface area contributed by atoms with E-state index in [9.17, 15) is 0 Å². The minimum Gasteiger partial charge on any atom is -0.492 e.